The minimum absolute atomic E-state index is 0.0280. The topological polar surface area (TPSA) is 59.0 Å². The van der Waals surface area contributed by atoms with Gasteiger partial charge in [0, 0.05) is 12.5 Å². The molecule has 5 heteroatoms. The molecule has 0 bridgehead atoms. The van der Waals surface area contributed by atoms with Gasteiger partial charge in [-0.1, -0.05) is 156 Å². The van der Waals surface area contributed by atoms with Crippen LogP contribution in [-0.4, -0.2) is 47.5 Å². The number of nitrogens with zero attached hydrogens (tertiary/aromatic N) is 1. The van der Waals surface area contributed by atoms with E-state index in [1.807, 2.05) is 68.4 Å². The zero-order chi connectivity index (χ0) is 42.7. The minimum atomic E-state index is -0.951. The fraction of sp³-hybridized carbons (Fsp3) is 0.582. The van der Waals surface area contributed by atoms with Crippen LogP contribution in [0.25, 0.3) is 0 Å². The second-order valence-electron chi connectivity index (χ2n) is 20.3. The van der Waals surface area contributed by atoms with Gasteiger partial charge in [0.25, 0.3) is 0 Å². The molecule has 4 aliphatic rings. The average molecular weight is 814 g/mol. The third kappa shape index (κ3) is 8.69. The molecule has 3 aromatic rings. The van der Waals surface area contributed by atoms with Crippen LogP contribution < -0.4 is 0 Å². The lowest BCUT2D eigenvalue weighted by atomic mass is 9.47. The summed E-state index contributed by atoms with van der Waals surface area (Å²) >= 11 is 0. The molecule has 324 valence electrons. The van der Waals surface area contributed by atoms with Crippen molar-refractivity contribution in [3.63, 3.8) is 0 Å². The normalized spacial score (nSPS) is 29.3. The zero-order valence-electron chi connectivity index (χ0n) is 38.1. The van der Waals surface area contributed by atoms with E-state index < -0.39 is 11.7 Å². The van der Waals surface area contributed by atoms with E-state index in [9.17, 15) is 9.90 Å². The summed E-state index contributed by atoms with van der Waals surface area (Å²) < 4.78 is 13.3. The van der Waals surface area contributed by atoms with Gasteiger partial charge in [0.15, 0.2) is 0 Å². The van der Waals surface area contributed by atoms with E-state index in [-0.39, 0.29) is 36.8 Å². The molecule has 1 N–H and O–H groups in total. The van der Waals surface area contributed by atoms with E-state index in [0.29, 0.717) is 29.1 Å². The van der Waals surface area contributed by atoms with Crippen LogP contribution in [0.3, 0.4) is 0 Å². The van der Waals surface area contributed by atoms with Crippen molar-refractivity contribution in [3.8, 4) is 0 Å². The predicted octanol–water partition coefficient (Wildman–Crippen LogP) is 13.0. The Balaban J connectivity index is 1.000. The Kier molecular flexibility index (Phi) is 13.9. The van der Waals surface area contributed by atoms with Gasteiger partial charge in [-0.3, -0.25) is 0 Å². The van der Waals surface area contributed by atoms with Crippen molar-refractivity contribution in [2.24, 2.45) is 52.3 Å². The molecule has 0 radical (unpaired) electrons. The van der Waals surface area contributed by atoms with Gasteiger partial charge in [-0.25, -0.2) is 4.79 Å². The molecule has 7 rings (SSSR count). The molecular weight excluding hydrogens is 739 g/mol. The Morgan fingerprint density at radius 3 is 1.97 bits per heavy atom. The van der Waals surface area contributed by atoms with Crippen LogP contribution in [0.2, 0.25) is 0 Å². The monoisotopic (exact) mass is 814 g/mol. The lowest BCUT2D eigenvalue weighted by molar-refractivity contribution is -0.0605. The van der Waals surface area contributed by atoms with Crippen LogP contribution in [0.4, 0.5) is 4.79 Å². The average Bonchev–Trinajstić information content (AvgIpc) is 3.61. The van der Waals surface area contributed by atoms with E-state index >= 15 is 0 Å². The second-order valence-corrected chi connectivity index (χ2v) is 20.3. The number of rotatable bonds is 15. The SMILES string of the molecule is CC[C@H](/C=C/[C@@H](C)[C@H]1CCC2C3CC=C4C[C@@H](OC(=O)N(CC(O)COC(c5ccccc5)(c5ccccc5)c5ccccc5)C(C)C)CC[C@]4(C)C3CC[C@@]21C)C(C)C. The third-order valence-corrected chi connectivity index (χ3v) is 16.3. The molecule has 4 aliphatic carbocycles. The highest BCUT2D eigenvalue weighted by atomic mass is 16.6. The lowest BCUT2D eigenvalue weighted by Crippen LogP contribution is -2.51. The summed E-state index contributed by atoms with van der Waals surface area (Å²) in [5, 5.41) is 11.6. The van der Waals surface area contributed by atoms with E-state index in [2.05, 4.69) is 96.2 Å². The van der Waals surface area contributed by atoms with Crippen LogP contribution in [-0.2, 0) is 15.1 Å². The first-order valence-electron chi connectivity index (χ1n) is 23.7. The van der Waals surface area contributed by atoms with Gasteiger partial charge in [0.2, 0.25) is 0 Å². The summed E-state index contributed by atoms with van der Waals surface area (Å²) in [6, 6.07) is 30.4. The molecule has 0 spiro atoms. The number of hydrogen-bond acceptors (Lipinski definition) is 4. The highest BCUT2D eigenvalue weighted by Crippen LogP contribution is 2.67. The van der Waals surface area contributed by atoms with E-state index in [1.165, 1.54) is 44.1 Å². The Hall–Kier alpha value is -3.67. The van der Waals surface area contributed by atoms with Crippen molar-refractivity contribution in [2.75, 3.05) is 13.2 Å². The molecule has 0 aromatic heterocycles. The van der Waals surface area contributed by atoms with Crippen molar-refractivity contribution in [2.45, 2.75) is 137 Å². The number of allylic oxidation sites excluding steroid dienone is 3. The number of fused-ring (bicyclic) bond motifs is 5. The maximum Gasteiger partial charge on any atom is 0.410 e. The first-order valence-corrected chi connectivity index (χ1v) is 23.7. The van der Waals surface area contributed by atoms with Crippen molar-refractivity contribution in [3.05, 3.63) is 131 Å². The molecule has 0 saturated heterocycles. The van der Waals surface area contributed by atoms with Crippen LogP contribution in [0, 0.1) is 52.3 Å². The zero-order valence-corrected chi connectivity index (χ0v) is 38.1. The molecule has 3 saturated carbocycles. The summed E-state index contributed by atoms with van der Waals surface area (Å²) in [5.74, 6) is 5.03. The van der Waals surface area contributed by atoms with Crippen molar-refractivity contribution >= 4 is 6.09 Å². The van der Waals surface area contributed by atoms with Gasteiger partial charge in [0.1, 0.15) is 11.7 Å². The largest absolute Gasteiger partial charge is 0.446 e. The number of aliphatic hydroxyl groups excluding tert-OH is 1. The van der Waals surface area contributed by atoms with Crippen molar-refractivity contribution in [1.82, 2.24) is 4.90 Å². The molecule has 3 aromatic carbocycles. The summed E-state index contributed by atoms with van der Waals surface area (Å²) in [7, 11) is 0. The first-order chi connectivity index (χ1) is 28.8. The fourth-order valence-corrected chi connectivity index (χ4v) is 12.9. The summed E-state index contributed by atoms with van der Waals surface area (Å²) in [6.45, 7) is 18.9. The van der Waals surface area contributed by atoms with Crippen LogP contribution in [0.5, 0.6) is 0 Å². The van der Waals surface area contributed by atoms with E-state index in [1.54, 1.807) is 4.90 Å². The quantitative estimate of drug-likeness (QED) is 0.123. The summed E-state index contributed by atoms with van der Waals surface area (Å²) in [6.07, 6.45) is 16.8. The number of hydrogen-bond donors (Lipinski definition) is 1. The van der Waals surface area contributed by atoms with Crippen LogP contribution >= 0.6 is 0 Å². The molecule has 4 unspecified atom stereocenters. The standard InChI is InChI=1S/C55H75NO4/c1-9-41(38(2)3)26-25-40(6)49-29-30-50-48-28-27-45-35-47(31-33-53(45,7)51(48)32-34-54(49,50)8)60-52(58)56(39(4)5)36-46(57)37-59-55(42-19-13-10-14-20-42,43-21-15-11-16-22-43)44-23-17-12-18-24-44/h10-27,38-41,46-51,57H,9,28-37H2,1-8H3/b26-25+/t40-,41-,46?,47+,48?,49-,50?,51?,53+,54-/m1/s1. The maximum atomic E-state index is 14.0. The van der Waals surface area contributed by atoms with Crippen LogP contribution in [0.15, 0.2) is 115 Å². The summed E-state index contributed by atoms with van der Waals surface area (Å²) in [4.78, 5) is 15.7. The fourth-order valence-electron chi connectivity index (χ4n) is 12.9. The molecule has 0 aliphatic heterocycles. The molecule has 60 heavy (non-hydrogen) atoms. The van der Waals surface area contributed by atoms with E-state index in [0.717, 1.165) is 53.7 Å². The number of aliphatic hydroxyl groups is 1. The maximum absolute atomic E-state index is 14.0. The van der Waals surface area contributed by atoms with E-state index in [4.69, 9.17) is 9.47 Å². The van der Waals surface area contributed by atoms with Gasteiger partial charge in [-0.05, 0) is 134 Å². The Bertz CT molecular complexity index is 1810. The van der Waals surface area contributed by atoms with Crippen molar-refractivity contribution < 1.29 is 19.4 Å². The van der Waals surface area contributed by atoms with Gasteiger partial charge in [-0.2, -0.15) is 0 Å². The number of benzene rings is 3. The first kappa shape index (κ1) is 44.4. The Morgan fingerprint density at radius 1 is 0.817 bits per heavy atom. The third-order valence-electron chi connectivity index (χ3n) is 16.3. The predicted molar refractivity (Wildman–Crippen MR) is 245 cm³/mol. The molecule has 3 fully saturated rings. The number of ether oxygens (including phenoxy) is 2. The number of carbonyl (C=O) groups is 1. The van der Waals surface area contributed by atoms with Gasteiger partial charge >= 0.3 is 6.09 Å². The number of carbonyl (C=O) groups excluding carboxylic acids is 1. The van der Waals surface area contributed by atoms with Gasteiger partial charge < -0.3 is 19.5 Å². The highest BCUT2D eigenvalue weighted by molar-refractivity contribution is 5.68. The van der Waals surface area contributed by atoms with Gasteiger partial charge in [-0.15, -0.1) is 0 Å². The number of amides is 1. The smallest absolute Gasteiger partial charge is 0.410 e. The van der Waals surface area contributed by atoms with Gasteiger partial charge in [0.05, 0.1) is 19.3 Å². The second kappa shape index (κ2) is 18.7. The minimum Gasteiger partial charge on any atom is -0.446 e. The molecular formula is C55H75NO4. The molecule has 1 amide bonds. The summed E-state index contributed by atoms with van der Waals surface area (Å²) in [5.41, 5.74) is 4.08. The highest BCUT2D eigenvalue weighted by Gasteiger charge is 2.59. The molecule has 0 heterocycles. The molecule has 5 nitrogen and oxygen atoms in total. The molecule has 10 atom stereocenters. The Morgan fingerprint density at radius 2 is 1.42 bits per heavy atom. The lowest BCUT2D eigenvalue weighted by Gasteiger charge is -2.58. The van der Waals surface area contributed by atoms with Crippen molar-refractivity contribution in [1.29, 1.82) is 0 Å². The Labute approximate surface area is 363 Å². The van der Waals surface area contributed by atoms with Crippen LogP contribution in [0.1, 0.15) is 130 Å².